The summed E-state index contributed by atoms with van der Waals surface area (Å²) >= 11 is 0. The van der Waals surface area contributed by atoms with Gasteiger partial charge in [-0.2, -0.15) is 0 Å². The third-order valence-electron chi connectivity index (χ3n) is 3.54. The van der Waals surface area contributed by atoms with Crippen LogP contribution in [-0.4, -0.2) is 45.2 Å². The zero-order chi connectivity index (χ0) is 19.3. The highest BCUT2D eigenvalue weighted by atomic mass is 19.3. The molecule has 0 spiro atoms. The molecular formula is C17H20F2N4O3. The third kappa shape index (κ3) is 4.62. The Morgan fingerprint density at radius 3 is 2.38 bits per heavy atom. The van der Waals surface area contributed by atoms with Gasteiger partial charge in [-0.1, -0.05) is 0 Å². The van der Waals surface area contributed by atoms with Crippen LogP contribution in [0, 0.1) is 0 Å². The number of hydrogen-bond acceptors (Lipinski definition) is 5. The molecule has 9 heteroatoms. The summed E-state index contributed by atoms with van der Waals surface area (Å²) in [6.45, 7) is 4.39. The molecule has 0 aromatic carbocycles. The topological polar surface area (TPSA) is 88.3 Å². The van der Waals surface area contributed by atoms with Gasteiger partial charge in [-0.3, -0.25) is 14.6 Å². The summed E-state index contributed by atoms with van der Waals surface area (Å²) in [6.07, 6.45) is 2.56. The van der Waals surface area contributed by atoms with Crippen LogP contribution in [0.4, 0.5) is 8.78 Å². The van der Waals surface area contributed by atoms with Gasteiger partial charge in [0, 0.05) is 17.9 Å². The van der Waals surface area contributed by atoms with Crippen LogP contribution in [0.3, 0.4) is 0 Å². The summed E-state index contributed by atoms with van der Waals surface area (Å²) in [5.41, 5.74) is -0.380. The van der Waals surface area contributed by atoms with Crippen molar-refractivity contribution in [3.63, 3.8) is 0 Å². The number of aromatic nitrogens is 2. The van der Waals surface area contributed by atoms with Crippen molar-refractivity contribution in [3.8, 4) is 0 Å². The van der Waals surface area contributed by atoms with Crippen molar-refractivity contribution < 1.29 is 22.8 Å². The number of rotatable bonds is 6. The first-order chi connectivity index (χ1) is 12.2. The molecule has 1 atom stereocenters. The number of nitrogens with zero attached hydrogens (tertiary/aromatic N) is 3. The fourth-order valence-corrected chi connectivity index (χ4v) is 2.49. The predicted octanol–water partition coefficient (Wildman–Crippen LogP) is 2.43. The first-order valence-corrected chi connectivity index (χ1v) is 7.89. The second-order valence-electron chi connectivity index (χ2n) is 6.53. The standard InChI is InChI=1S/C17H20F2N4O3/c1-17(2,3)23(16(25)12-8-21-10-26-12)14(11-4-6-20-7-5-11)15(24)22-9-13(18)19/h4-8,10,13-14H,9H2,1-3H3,(H,22,24). The first kappa shape index (κ1) is 19.5. The van der Waals surface area contributed by atoms with E-state index < -0.39 is 36.4 Å². The Bertz CT molecular complexity index is 730. The number of pyridine rings is 1. The summed E-state index contributed by atoms with van der Waals surface area (Å²) in [7, 11) is 0. The Kier molecular flexibility index (Phi) is 6.01. The molecule has 0 saturated heterocycles. The molecule has 2 rings (SSSR count). The smallest absolute Gasteiger partial charge is 0.292 e. The van der Waals surface area contributed by atoms with Gasteiger partial charge in [0.2, 0.25) is 11.7 Å². The van der Waals surface area contributed by atoms with Crippen LogP contribution in [0.2, 0.25) is 0 Å². The van der Waals surface area contributed by atoms with Gasteiger partial charge < -0.3 is 14.6 Å². The second kappa shape index (κ2) is 8.03. The SMILES string of the molecule is CC(C)(C)N(C(=O)c1cnco1)C(C(=O)NCC(F)F)c1ccncc1. The maximum Gasteiger partial charge on any atom is 0.292 e. The third-order valence-corrected chi connectivity index (χ3v) is 3.54. The van der Waals surface area contributed by atoms with Crippen molar-refractivity contribution in [2.24, 2.45) is 0 Å². The lowest BCUT2D eigenvalue weighted by atomic mass is 9.97. The van der Waals surface area contributed by atoms with Gasteiger partial charge in [0.25, 0.3) is 12.3 Å². The van der Waals surface area contributed by atoms with E-state index in [1.54, 1.807) is 32.9 Å². The number of amides is 2. The highest BCUT2D eigenvalue weighted by Crippen LogP contribution is 2.30. The van der Waals surface area contributed by atoms with Gasteiger partial charge in [-0.05, 0) is 38.5 Å². The second-order valence-corrected chi connectivity index (χ2v) is 6.53. The number of halogens is 2. The van der Waals surface area contributed by atoms with Gasteiger partial charge in [-0.15, -0.1) is 0 Å². The van der Waals surface area contributed by atoms with Crippen LogP contribution in [0.15, 0.2) is 41.5 Å². The Labute approximate surface area is 149 Å². The Balaban J connectivity index is 2.48. The minimum atomic E-state index is -2.70. The zero-order valence-corrected chi connectivity index (χ0v) is 14.6. The summed E-state index contributed by atoms with van der Waals surface area (Å²) in [5, 5.41) is 2.18. The van der Waals surface area contributed by atoms with Crippen molar-refractivity contribution in [1.29, 1.82) is 0 Å². The average molecular weight is 366 g/mol. The van der Waals surface area contributed by atoms with Crippen molar-refractivity contribution in [2.75, 3.05) is 6.54 Å². The van der Waals surface area contributed by atoms with Crippen molar-refractivity contribution in [2.45, 2.75) is 38.8 Å². The Morgan fingerprint density at radius 1 is 1.23 bits per heavy atom. The van der Waals surface area contributed by atoms with Gasteiger partial charge in [0.05, 0.1) is 12.7 Å². The number of alkyl halides is 2. The average Bonchev–Trinajstić information content (AvgIpc) is 3.11. The molecule has 2 aromatic heterocycles. The molecule has 0 radical (unpaired) electrons. The van der Waals surface area contributed by atoms with E-state index in [1.165, 1.54) is 23.5 Å². The van der Waals surface area contributed by atoms with Crippen LogP contribution >= 0.6 is 0 Å². The van der Waals surface area contributed by atoms with Crippen molar-refractivity contribution in [3.05, 3.63) is 48.4 Å². The quantitative estimate of drug-likeness (QED) is 0.848. The van der Waals surface area contributed by atoms with Gasteiger partial charge in [0.15, 0.2) is 6.39 Å². The molecule has 140 valence electrons. The van der Waals surface area contributed by atoms with Gasteiger partial charge >= 0.3 is 0 Å². The lowest BCUT2D eigenvalue weighted by Crippen LogP contribution is -2.52. The highest BCUT2D eigenvalue weighted by Gasteiger charge is 2.40. The molecule has 0 bridgehead atoms. The van der Waals surface area contributed by atoms with E-state index in [9.17, 15) is 18.4 Å². The monoisotopic (exact) mass is 366 g/mol. The molecule has 0 saturated carbocycles. The van der Waals surface area contributed by atoms with E-state index in [-0.39, 0.29) is 5.76 Å². The predicted molar refractivity (Wildman–Crippen MR) is 88.4 cm³/mol. The van der Waals surface area contributed by atoms with E-state index in [0.717, 1.165) is 6.39 Å². The van der Waals surface area contributed by atoms with Crippen molar-refractivity contribution >= 4 is 11.8 Å². The minimum Gasteiger partial charge on any atom is -0.438 e. The largest absolute Gasteiger partial charge is 0.438 e. The maximum absolute atomic E-state index is 13.0. The minimum absolute atomic E-state index is 0.0550. The van der Waals surface area contributed by atoms with E-state index >= 15 is 0 Å². The molecule has 7 nitrogen and oxygen atoms in total. The lowest BCUT2D eigenvalue weighted by molar-refractivity contribution is -0.128. The molecule has 0 aliphatic heterocycles. The Hall–Kier alpha value is -2.84. The molecule has 2 aromatic rings. The van der Waals surface area contributed by atoms with Gasteiger partial charge in [-0.25, -0.2) is 13.8 Å². The van der Waals surface area contributed by atoms with E-state index in [4.69, 9.17) is 4.42 Å². The molecule has 2 heterocycles. The normalized spacial score (nSPS) is 12.7. The molecular weight excluding hydrogens is 346 g/mol. The molecule has 26 heavy (non-hydrogen) atoms. The Morgan fingerprint density at radius 2 is 1.88 bits per heavy atom. The van der Waals surface area contributed by atoms with Gasteiger partial charge in [0.1, 0.15) is 6.04 Å². The zero-order valence-electron chi connectivity index (χ0n) is 14.6. The van der Waals surface area contributed by atoms with Crippen LogP contribution in [0.5, 0.6) is 0 Å². The molecule has 0 aliphatic carbocycles. The van der Waals surface area contributed by atoms with E-state index in [1.807, 2.05) is 0 Å². The highest BCUT2D eigenvalue weighted by molar-refractivity contribution is 5.96. The summed E-state index contributed by atoms with van der Waals surface area (Å²) in [6, 6.07) is 1.97. The summed E-state index contributed by atoms with van der Waals surface area (Å²) in [4.78, 5) is 34.6. The number of nitrogens with one attached hydrogen (secondary N) is 1. The van der Waals surface area contributed by atoms with Crippen molar-refractivity contribution in [1.82, 2.24) is 20.2 Å². The van der Waals surface area contributed by atoms with Crippen LogP contribution in [0.1, 0.15) is 42.9 Å². The molecule has 0 aliphatic rings. The van der Waals surface area contributed by atoms with E-state index in [0.29, 0.717) is 5.56 Å². The van der Waals surface area contributed by atoms with E-state index in [2.05, 4.69) is 15.3 Å². The van der Waals surface area contributed by atoms with Crippen LogP contribution in [0.25, 0.3) is 0 Å². The lowest BCUT2D eigenvalue weighted by Gasteiger charge is -2.40. The maximum atomic E-state index is 13.0. The van der Waals surface area contributed by atoms with Crippen LogP contribution < -0.4 is 5.32 Å². The first-order valence-electron chi connectivity index (χ1n) is 7.89. The number of carbonyl (C=O) groups is 2. The molecule has 1 unspecified atom stereocenters. The van der Waals surface area contributed by atoms with Crippen LogP contribution in [-0.2, 0) is 4.79 Å². The summed E-state index contributed by atoms with van der Waals surface area (Å²) < 4.78 is 30.2. The molecule has 0 fully saturated rings. The number of hydrogen-bond donors (Lipinski definition) is 1. The number of carbonyl (C=O) groups excluding carboxylic acids is 2. The molecule has 1 N–H and O–H groups in total. The number of oxazole rings is 1. The molecule has 2 amide bonds. The fourth-order valence-electron chi connectivity index (χ4n) is 2.49. The fraction of sp³-hybridized carbons (Fsp3) is 0.412. The summed E-state index contributed by atoms with van der Waals surface area (Å²) in [5.74, 6) is -1.36.